The summed E-state index contributed by atoms with van der Waals surface area (Å²) < 4.78 is 5.68. The number of ether oxygens (including phenoxy) is 1. The minimum Gasteiger partial charge on any atom is -0.457 e. The molecule has 1 atom stereocenters. The van der Waals surface area contributed by atoms with Crippen molar-refractivity contribution in [3.05, 3.63) is 54.4 Å². The Morgan fingerprint density at radius 2 is 1.96 bits per heavy atom. The number of aliphatic hydroxyl groups is 1. The van der Waals surface area contributed by atoms with Gasteiger partial charge in [0.15, 0.2) is 0 Å². The third-order valence-corrected chi connectivity index (χ3v) is 3.48. The first-order valence-electron chi connectivity index (χ1n) is 7.70. The average molecular weight is 314 g/mol. The van der Waals surface area contributed by atoms with Gasteiger partial charge in [-0.15, -0.1) is 0 Å². The number of carbonyl (C=O) groups excluding carboxylic acids is 1. The first kappa shape index (κ1) is 17.0. The minimum absolute atomic E-state index is 0.180. The second-order valence-electron chi connectivity index (χ2n) is 5.67. The van der Waals surface area contributed by atoms with Crippen LogP contribution in [0.2, 0.25) is 0 Å². The molecule has 0 aliphatic rings. The molecule has 0 saturated heterocycles. The Bertz CT molecular complexity index is 629. The summed E-state index contributed by atoms with van der Waals surface area (Å²) in [5, 5.41) is 12.6. The fourth-order valence-electron chi connectivity index (χ4n) is 2.01. The number of carbonyl (C=O) groups is 1. The molecule has 0 aliphatic heterocycles. The van der Waals surface area contributed by atoms with Crippen LogP contribution in [-0.2, 0) is 0 Å². The van der Waals surface area contributed by atoms with E-state index in [-0.39, 0.29) is 11.8 Å². The van der Waals surface area contributed by atoms with Gasteiger partial charge < -0.3 is 15.2 Å². The van der Waals surface area contributed by atoms with Crippen LogP contribution in [0.3, 0.4) is 0 Å². The summed E-state index contributed by atoms with van der Waals surface area (Å²) in [5.41, 5.74) is 0.524. The molecule has 2 N–H and O–H groups in total. The molecule has 1 heterocycles. The lowest BCUT2D eigenvalue weighted by Crippen LogP contribution is -2.28. The number of hydrogen-bond acceptors (Lipinski definition) is 4. The number of aromatic nitrogens is 1. The Kier molecular flexibility index (Phi) is 6.11. The molecule has 0 aliphatic carbocycles. The molecule has 23 heavy (non-hydrogen) atoms. The van der Waals surface area contributed by atoms with Crippen molar-refractivity contribution in [1.82, 2.24) is 10.3 Å². The molecule has 0 saturated carbocycles. The van der Waals surface area contributed by atoms with Crippen molar-refractivity contribution >= 4 is 5.91 Å². The zero-order chi connectivity index (χ0) is 16.7. The lowest BCUT2D eigenvalue weighted by Gasteiger charge is -2.14. The first-order chi connectivity index (χ1) is 11.1. The Hall–Kier alpha value is -2.40. The van der Waals surface area contributed by atoms with Gasteiger partial charge >= 0.3 is 0 Å². The van der Waals surface area contributed by atoms with E-state index in [2.05, 4.69) is 10.3 Å². The highest BCUT2D eigenvalue weighted by Crippen LogP contribution is 2.21. The maximum Gasteiger partial charge on any atom is 0.251 e. The molecular weight excluding hydrogens is 292 g/mol. The third-order valence-electron chi connectivity index (χ3n) is 3.48. The molecule has 5 heteroatoms. The van der Waals surface area contributed by atoms with Crippen molar-refractivity contribution in [2.45, 2.75) is 26.4 Å². The molecule has 1 aromatic carbocycles. The number of benzene rings is 1. The van der Waals surface area contributed by atoms with E-state index in [1.807, 2.05) is 13.8 Å². The molecule has 2 rings (SSSR count). The maximum atomic E-state index is 12.1. The number of pyridine rings is 1. The Morgan fingerprint density at radius 3 is 2.65 bits per heavy atom. The van der Waals surface area contributed by atoms with Gasteiger partial charge in [0.2, 0.25) is 0 Å². The zero-order valence-electron chi connectivity index (χ0n) is 13.4. The smallest absolute Gasteiger partial charge is 0.251 e. The molecule has 1 aromatic heterocycles. The van der Waals surface area contributed by atoms with Gasteiger partial charge in [0, 0.05) is 24.5 Å². The molecule has 0 radical (unpaired) electrons. The maximum absolute atomic E-state index is 12.1. The summed E-state index contributed by atoms with van der Waals surface area (Å²) in [6.07, 6.45) is 3.42. The van der Waals surface area contributed by atoms with E-state index in [1.165, 1.54) is 0 Å². The van der Waals surface area contributed by atoms with Gasteiger partial charge in [0.05, 0.1) is 6.10 Å². The molecule has 0 fully saturated rings. The molecule has 122 valence electrons. The predicted molar refractivity (Wildman–Crippen MR) is 88.5 cm³/mol. The van der Waals surface area contributed by atoms with E-state index < -0.39 is 6.10 Å². The van der Waals surface area contributed by atoms with Gasteiger partial charge in [-0.1, -0.05) is 19.9 Å². The lowest BCUT2D eigenvalue weighted by molar-refractivity contribution is 0.0920. The Morgan fingerprint density at radius 1 is 1.22 bits per heavy atom. The molecule has 5 nitrogen and oxygen atoms in total. The summed E-state index contributed by atoms with van der Waals surface area (Å²) in [7, 11) is 0. The van der Waals surface area contributed by atoms with E-state index in [9.17, 15) is 9.90 Å². The topological polar surface area (TPSA) is 71.5 Å². The van der Waals surface area contributed by atoms with Gasteiger partial charge in [0.1, 0.15) is 11.5 Å². The SMILES string of the molecule is CC(C)C(O)CCNC(=O)c1cccc(Oc2ccncc2)c1. The standard InChI is InChI=1S/C18H22N2O3/c1-13(2)17(21)8-11-20-18(22)14-4-3-5-16(12-14)23-15-6-9-19-10-7-15/h3-7,9-10,12-13,17,21H,8,11H2,1-2H3,(H,20,22). The summed E-state index contributed by atoms with van der Waals surface area (Å²) in [5.74, 6) is 1.26. The van der Waals surface area contributed by atoms with E-state index in [1.54, 1.807) is 48.8 Å². The zero-order valence-corrected chi connectivity index (χ0v) is 13.4. The summed E-state index contributed by atoms with van der Waals surface area (Å²) in [6.45, 7) is 4.34. The minimum atomic E-state index is -0.406. The molecule has 1 amide bonds. The van der Waals surface area contributed by atoms with Crippen LogP contribution in [0, 0.1) is 5.92 Å². The van der Waals surface area contributed by atoms with Crippen LogP contribution in [0.25, 0.3) is 0 Å². The number of aliphatic hydroxyl groups excluding tert-OH is 1. The summed E-state index contributed by atoms with van der Waals surface area (Å²) in [4.78, 5) is 16.1. The number of rotatable bonds is 7. The van der Waals surface area contributed by atoms with Crippen LogP contribution >= 0.6 is 0 Å². The van der Waals surface area contributed by atoms with Crippen LogP contribution in [0.15, 0.2) is 48.8 Å². The molecule has 2 aromatic rings. The van der Waals surface area contributed by atoms with E-state index in [0.29, 0.717) is 30.0 Å². The molecule has 0 bridgehead atoms. The normalized spacial score (nSPS) is 12.0. The largest absolute Gasteiger partial charge is 0.457 e. The van der Waals surface area contributed by atoms with Crippen molar-refractivity contribution in [3.8, 4) is 11.5 Å². The summed E-state index contributed by atoms with van der Waals surface area (Å²) >= 11 is 0. The van der Waals surface area contributed by atoms with E-state index >= 15 is 0 Å². The van der Waals surface area contributed by atoms with Crippen LogP contribution in [0.4, 0.5) is 0 Å². The number of nitrogens with zero attached hydrogens (tertiary/aromatic N) is 1. The van der Waals surface area contributed by atoms with Gasteiger partial charge in [0.25, 0.3) is 5.91 Å². The first-order valence-corrected chi connectivity index (χ1v) is 7.70. The Balaban J connectivity index is 1.92. The Labute approximate surface area is 136 Å². The van der Waals surface area contributed by atoms with Crippen molar-refractivity contribution in [2.24, 2.45) is 5.92 Å². The predicted octanol–water partition coefficient (Wildman–Crippen LogP) is 3.01. The lowest BCUT2D eigenvalue weighted by atomic mass is 10.0. The van der Waals surface area contributed by atoms with Crippen LogP contribution in [0.1, 0.15) is 30.6 Å². The van der Waals surface area contributed by atoms with Gasteiger partial charge in [-0.05, 0) is 42.7 Å². The second-order valence-corrected chi connectivity index (χ2v) is 5.67. The number of hydrogen-bond donors (Lipinski definition) is 2. The van der Waals surface area contributed by atoms with Crippen LogP contribution in [0.5, 0.6) is 11.5 Å². The summed E-state index contributed by atoms with van der Waals surface area (Å²) in [6, 6.07) is 10.5. The van der Waals surface area contributed by atoms with Gasteiger partial charge in [-0.2, -0.15) is 0 Å². The van der Waals surface area contributed by atoms with E-state index in [4.69, 9.17) is 4.74 Å². The quantitative estimate of drug-likeness (QED) is 0.824. The average Bonchev–Trinajstić information content (AvgIpc) is 2.55. The third kappa shape index (κ3) is 5.38. The second kappa shape index (κ2) is 8.29. The highest BCUT2D eigenvalue weighted by molar-refractivity contribution is 5.94. The fraction of sp³-hybridized carbons (Fsp3) is 0.333. The van der Waals surface area contributed by atoms with Crippen LogP contribution in [-0.4, -0.2) is 28.6 Å². The molecular formula is C18H22N2O3. The number of nitrogens with one attached hydrogen (secondary N) is 1. The van der Waals surface area contributed by atoms with Gasteiger partial charge in [-0.3, -0.25) is 9.78 Å². The highest BCUT2D eigenvalue weighted by Gasteiger charge is 2.11. The van der Waals surface area contributed by atoms with Crippen molar-refractivity contribution in [2.75, 3.05) is 6.54 Å². The highest BCUT2D eigenvalue weighted by atomic mass is 16.5. The molecule has 0 spiro atoms. The van der Waals surface area contributed by atoms with Crippen LogP contribution < -0.4 is 10.1 Å². The van der Waals surface area contributed by atoms with Crippen molar-refractivity contribution in [3.63, 3.8) is 0 Å². The fourth-order valence-corrected chi connectivity index (χ4v) is 2.01. The van der Waals surface area contributed by atoms with E-state index in [0.717, 1.165) is 0 Å². The number of amides is 1. The molecule has 1 unspecified atom stereocenters. The van der Waals surface area contributed by atoms with Crippen molar-refractivity contribution in [1.29, 1.82) is 0 Å². The van der Waals surface area contributed by atoms with Gasteiger partial charge in [-0.25, -0.2) is 0 Å². The monoisotopic (exact) mass is 314 g/mol. The van der Waals surface area contributed by atoms with Crippen molar-refractivity contribution < 1.29 is 14.6 Å².